The highest BCUT2D eigenvalue weighted by molar-refractivity contribution is 7.71. The van der Waals surface area contributed by atoms with Crippen LogP contribution in [0.1, 0.15) is 50.1 Å². The van der Waals surface area contributed by atoms with Gasteiger partial charge in [-0.05, 0) is 41.7 Å². The van der Waals surface area contributed by atoms with Gasteiger partial charge in [0.2, 0.25) is 5.89 Å². The normalized spacial score (nSPS) is 14.2. The lowest BCUT2D eigenvalue weighted by Gasteiger charge is -2.19. The summed E-state index contributed by atoms with van der Waals surface area (Å²) in [4.78, 5) is 31.6. The number of oxazole rings is 1. The Morgan fingerprint density at radius 1 is 1.20 bits per heavy atom. The smallest absolute Gasteiger partial charge is 0.327 e. The average Bonchev–Trinajstić information content (AvgIpc) is 3.25. The first-order chi connectivity index (χ1) is 16.9. The van der Waals surface area contributed by atoms with Crippen LogP contribution in [0.25, 0.3) is 17.2 Å². The Kier molecular flexibility index (Phi) is 5.82. The number of carbonyl (C=O) groups is 1. The fourth-order valence-electron chi connectivity index (χ4n) is 4.52. The molecule has 4 aromatic rings. The number of carbonyl (C=O) groups excluding carboxylic acids is 1. The molecule has 0 saturated carbocycles. The number of H-pyrrole nitrogens is 1. The molecule has 0 radical (unpaired) electrons. The van der Waals surface area contributed by atoms with E-state index >= 15 is 0 Å². The number of hydrogen-bond acceptors (Lipinski definition) is 5. The quantitative estimate of drug-likeness (QED) is 0.408. The molecule has 0 saturated heterocycles. The molecule has 2 N–H and O–H groups in total. The Balaban J connectivity index is 1.63. The van der Waals surface area contributed by atoms with Crippen molar-refractivity contribution in [2.24, 2.45) is 0 Å². The van der Waals surface area contributed by atoms with E-state index in [1.807, 2.05) is 0 Å². The second-order valence-electron chi connectivity index (χ2n) is 8.61. The van der Waals surface area contributed by atoms with Crippen LogP contribution in [-0.2, 0) is 6.54 Å². The van der Waals surface area contributed by atoms with E-state index < -0.39 is 0 Å². The summed E-state index contributed by atoms with van der Waals surface area (Å²) in [5.41, 5.74) is 7.53. The van der Waals surface area contributed by atoms with Gasteiger partial charge in [-0.2, -0.15) is 0 Å². The molecule has 5 rings (SSSR count). The van der Waals surface area contributed by atoms with Crippen LogP contribution < -0.4 is 11.0 Å². The maximum absolute atomic E-state index is 12.7. The number of hydrogen-bond donors (Lipinski definition) is 2. The highest BCUT2D eigenvalue weighted by Crippen LogP contribution is 2.41. The monoisotopic (exact) mass is 484 g/mol. The summed E-state index contributed by atoms with van der Waals surface area (Å²) < 4.78 is 7.22. The number of nitrogens with zero attached hydrogens (tertiary/aromatic N) is 2. The van der Waals surface area contributed by atoms with Gasteiger partial charge in [-0.15, -0.1) is 0 Å². The Labute approximate surface area is 207 Å². The van der Waals surface area contributed by atoms with Crippen molar-refractivity contribution < 1.29 is 9.21 Å². The number of fused-ring (bicyclic) bond motifs is 3. The molecule has 7 nitrogen and oxygen atoms in total. The van der Waals surface area contributed by atoms with Gasteiger partial charge in [-0.1, -0.05) is 66.3 Å². The molecule has 1 aliphatic rings. The highest BCUT2D eigenvalue weighted by atomic mass is 32.1. The molecule has 1 atom stereocenters. The molecule has 2 heterocycles. The second-order valence-corrected chi connectivity index (χ2v) is 9.00. The lowest BCUT2D eigenvalue weighted by Crippen LogP contribution is -2.26. The van der Waals surface area contributed by atoms with Crippen molar-refractivity contribution in [2.75, 3.05) is 7.05 Å². The topological polar surface area (TPSA) is 92.9 Å². The van der Waals surface area contributed by atoms with Crippen LogP contribution in [0.15, 0.2) is 64.1 Å². The Bertz CT molecular complexity index is 1610. The van der Waals surface area contributed by atoms with Crippen molar-refractivity contribution >= 4 is 24.2 Å². The number of aryl methyl sites for hydroxylation is 2. The summed E-state index contributed by atoms with van der Waals surface area (Å²) in [6, 6.07) is 12.7. The van der Waals surface area contributed by atoms with Gasteiger partial charge >= 0.3 is 5.69 Å². The number of allylic oxidation sites excluding steroid dienone is 1. The lowest BCUT2D eigenvalue weighted by atomic mass is 9.87. The van der Waals surface area contributed by atoms with Gasteiger partial charge in [0, 0.05) is 24.7 Å². The average molecular weight is 485 g/mol. The predicted octanol–water partition coefficient (Wildman–Crippen LogP) is 4.74. The minimum Gasteiger partial charge on any atom is -0.446 e. The molecule has 1 unspecified atom stereocenters. The van der Waals surface area contributed by atoms with Crippen molar-refractivity contribution in [3.8, 4) is 11.1 Å². The summed E-state index contributed by atoms with van der Waals surface area (Å²) in [6.45, 7) is 4.20. The minimum atomic E-state index is -0.376. The molecular weight excluding hydrogens is 460 g/mol. The van der Waals surface area contributed by atoms with Crippen molar-refractivity contribution in [3.05, 3.63) is 109 Å². The van der Waals surface area contributed by atoms with Gasteiger partial charge in [-0.3, -0.25) is 9.36 Å². The van der Waals surface area contributed by atoms with E-state index in [9.17, 15) is 9.59 Å². The van der Waals surface area contributed by atoms with Crippen LogP contribution in [0.3, 0.4) is 0 Å². The second kappa shape index (κ2) is 8.96. The van der Waals surface area contributed by atoms with Crippen molar-refractivity contribution in [1.29, 1.82) is 0 Å². The largest absolute Gasteiger partial charge is 0.446 e. The maximum Gasteiger partial charge on any atom is 0.327 e. The molecule has 35 heavy (non-hydrogen) atoms. The fourth-order valence-corrected chi connectivity index (χ4v) is 4.86. The molecule has 1 aliphatic carbocycles. The number of aromatic nitrogens is 3. The minimum absolute atomic E-state index is 0.00945. The van der Waals surface area contributed by atoms with Crippen LogP contribution in [-0.4, -0.2) is 27.5 Å². The van der Waals surface area contributed by atoms with Gasteiger partial charge in [-0.25, -0.2) is 9.78 Å². The summed E-state index contributed by atoms with van der Waals surface area (Å²) in [5.74, 6) is -0.312. The first-order valence-corrected chi connectivity index (χ1v) is 11.7. The first-order valence-electron chi connectivity index (χ1n) is 11.2. The van der Waals surface area contributed by atoms with Gasteiger partial charge in [0.15, 0.2) is 5.69 Å². The molecular formula is C27H24N4O3S. The molecule has 8 heteroatoms. The molecule has 1 amide bonds. The molecule has 0 bridgehead atoms. The SMILES string of the molecule is CNC(=O)c1coc(Cn2c(=O)[nH]cc(C3C=Cc4c(C)cccc4-c4cc(C)ccc43)c2=S)n1. The summed E-state index contributed by atoms with van der Waals surface area (Å²) >= 11 is 5.81. The van der Waals surface area contributed by atoms with Gasteiger partial charge in [0.05, 0.1) is 0 Å². The maximum atomic E-state index is 12.7. The van der Waals surface area contributed by atoms with Gasteiger partial charge in [0.25, 0.3) is 5.91 Å². The van der Waals surface area contributed by atoms with Gasteiger partial charge < -0.3 is 14.7 Å². The Hall–Kier alpha value is -4.04. The Morgan fingerprint density at radius 2 is 2.03 bits per heavy atom. The van der Waals surface area contributed by atoms with Crippen LogP contribution in [0.4, 0.5) is 0 Å². The van der Waals surface area contributed by atoms with Crippen molar-refractivity contribution in [1.82, 2.24) is 19.9 Å². The van der Waals surface area contributed by atoms with Crippen LogP contribution >= 0.6 is 12.2 Å². The zero-order valence-corrected chi connectivity index (χ0v) is 20.4. The fraction of sp³-hybridized carbons (Fsp3) is 0.185. The Morgan fingerprint density at radius 3 is 2.83 bits per heavy atom. The number of benzene rings is 2. The number of aromatic amines is 1. The first kappa shape index (κ1) is 22.7. The van der Waals surface area contributed by atoms with Crippen LogP contribution in [0, 0.1) is 18.5 Å². The third-order valence-corrected chi connectivity index (χ3v) is 6.80. The zero-order chi connectivity index (χ0) is 24.7. The number of nitrogens with one attached hydrogen (secondary N) is 2. The molecule has 176 valence electrons. The zero-order valence-electron chi connectivity index (χ0n) is 19.6. The predicted molar refractivity (Wildman–Crippen MR) is 137 cm³/mol. The van der Waals surface area contributed by atoms with E-state index in [1.54, 1.807) is 6.20 Å². The molecule has 2 aromatic heterocycles. The van der Waals surface area contributed by atoms with Gasteiger partial charge in [0.1, 0.15) is 17.4 Å². The standard InChI is InChI=1S/C27H24N4O3S/c1-15-7-8-19-20(10-9-17-16(2)5-4-6-18(17)21(19)11-15)22-12-29-27(33)31(26(22)35)13-24-30-23(14-34-24)25(32)28-3/h4-12,14,20H,13H2,1-3H3,(H,28,32)(H,29,33). The summed E-state index contributed by atoms with van der Waals surface area (Å²) in [6.07, 6.45) is 7.23. The van der Waals surface area contributed by atoms with Crippen LogP contribution in [0.5, 0.6) is 0 Å². The van der Waals surface area contributed by atoms with Crippen LogP contribution in [0.2, 0.25) is 0 Å². The highest BCUT2D eigenvalue weighted by Gasteiger charge is 2.23. The lowest BCUT2D eigenvalue weighted by molar-refractivity contribution is 0.0958. The van der Waals surface area contributed by atoms with E-state index in [1.165, 1.54) is 40.1 Å². The molecule has 0 spiro atoms. The molecule has 0 fully saturated rings. The third-order valence-electron chi connectivity index (χ3n) is 6.34. The third kappa shape index (κ3) is 4.06. The number of amides is 1. The van der Waals surface area contributed by atoms with E-state index in [-0.39, 0.29) is 35.6 Å². The number of rotatable bonds is 4. The van der Waals surface area contributed by atoms with Crippen molar-refractivity contribution in [3.63, 3.8) is 0 Å². The van der Waals surface area contributed by atoms with E-state index in [4.69, 9.17) is 16.6 Å². The molecule has 2 aromatic carbocycles. The summed E-state index contributed by atoms with van der Waals surface area (Å²) in [5, 5.41) is 2.50. The van der Waals surface area contributed by atoms with E-state index in [0.717, 1.165) is 16.7 Å². The summed E-state index contributed by atoms with van der Waals surface area (Å²) in [7, 11) is 1.51. The van der Waals surface area contributed by atoms with E-state index in [2.05, 4.69) is 77.7 Å². The van der Waals surface area contributed by atoms with E-state index in [0.29, 0.717) is 4.64 Å². The molecule has 0 aliphatic heterocycles. The van der Waals surface area contributed by atoms with Crippen molar-refractivity contribution in [2.45, 2.75) is 26.3 Å².